The Kier molecular flexibility index (Phi) is 6.02. The quantitative estimate of drug-likeness (QED) is 0.596. The lowest BCUT2D eigenvalue weighted by Crippen LogP contribution is -2.40. The highest BCUT2D eigenvalue weighted by atomic mass is 16.5. The molecule has 1 fully saturated rings. The summed E-state index contributed by atoms with van der Waals surface area (Å²) in [6.07, 6.45) is 5.61. The second-order valence-corrected chi connectivity index (χ2v) is 7.37. The Morgan fingerprint density at radius 3 is 2.73 bits per heavy atom. The van der Waals surface area contributed by atoms with E-state index in [1.54, 1.807) is 7.11 Å². The lowest BCUT2D eigenvalue weighted by atomic mass is 9.97. The maximum absolute atomic E-state index is 12.6. The minimum Gasteiger partial charge on any atom is -0.493 e. The molecule has 0 spiro atoms. The molecule has 6 nitrogen and oxygen atoms in total. The van der Waals surface area contributed by atoms with Gasteiger partial charge in [-0.25, -0.2) is 4.98 Å². The van der Waals surface area contributed by atoms with Gasteiger partial charge in [-0.15, -0.1) is 0 Å². The number of fused-ring (bicyclic) bond motifs is 1. The number of oxazole rings is 1. The van der Waals surface area contributed by atoms with Gasteiger partial charge in [0.05, 0.1) is 7.11 Å². The minimum absolute atomic E-state index is 0.00707. The number of allylic oxidation sites excluding steroid dienone is 1. The molecule has 1 amide bonds. The van der Waals surface area contributed by atoms with Crippen LogP contribution < -0.4 is 9.47 Å². The smallest absolute Gasteiger partial charge is 0.260 e. The first kappa shape index (κ1) is 20.0. The molecule has 0 bridgehead atoms. The summed E-state index contributed by atoms with van der Waals surface area (Å²) in [5.41, 5.74) is 2.72. The summed E-state index contributed by atoms with van der Waals surface area (Å²) >= 11 is 0. The Labute approximate surface area is 176 Å². The highest BCUT2D eigenvalue weighted by molar-refractivity contribution is 5.78. The second kappa shape index (κ2) is 9.03. The zero-order valence-corrected chi connectivity index (χ0v) is 17.3. The van der Waals surface area contributed by atoms with Crippen molar-refractivity contribution >= 4 is 23.1 Å². The molecular formula is C24H26N2O4. The maximum Gasteiger partial charge on any atom is 0.260 e. The number of piperidine rings is 1. The van der Waals surface area contributed by atoms with Gasteiger partial charge in [0.15, 0.2) is 29.6 Å². The molecule has 4 rings (SSSR count). The Morgan fingerprint density at radius 1 is 1.20 bits per heavy atom. The van der Waals surface area contributed by atoms with Crippen LogP contribution in [0, 0.1) is 0 Å². The van der Waals surface area contributed by atoms with E-state index >= 15 is 0 Å². The van der Waals surface area contributed by atoms with Crippen LogP contribution in [0.15, 0.2) is 53.0 Å². The molecule has 0 atom stereocenters. The number of ether oxygens (including phenoxy) is 2. The van der Waals surface area contributed by atoms with E-state index in [1.165, 1.54) is 0 Å². The molecule has 2 aromatic carbocycles. The summed E-state index contributed by atoms with van der Waals surface area (Å²) in [5.74, 6) is 2.17. The van der Waals surface area contributed by atoms with Gasteiger partial charge in [0.2, 0.25) is 0 Å². The molecular weight excluding hydrogens is 380 g/mol. The molecule has 0 radical (unpaired) electrons. The van der Waals surface area contributed by atoms with E-state index in [-0.39, 0.29) is 18.4 Å². The van der Waals surface area contributed by atoms with Crippen LogP contribution in [0.1, 0.15) is 37.1 Å². The number of hydrogen-bond donors (Lipinski definition) is 0. The predicted octanol–water partition coefficient (Wildman–Crippen LogP) is 4.65. The fourth-order valence-electron chi connectivity index (χ4n) is 3.77. The summed E-state index contributed by atoms with van der Waals surface area (Å²) in [6, 6.07) is 13.5. The molecule has 1 aromatic heterocycles. The van der Waals surface area contributed by atoms with Crippen LogP contribution in [0.4, 0.5) is 0 Å². The fraction of sp³-hybridized carbons (Fsp3) is 0.333. The SMILES string of the molecule is C/C=C/c1ccc(OCC(=O)N2CCC(c3nc4ccccc4o3)CC2)c(OC)c1. The van der Waals surface area contributed by atoms with Gasteiger partial charge >= 0.3 is 0 Å². The zero-order chi connectivity index (χ0) is 20.9. The largest absolute Gasteiger partial charge is 0.493 e. The number of hydrogen-bond acceptors (Lipinski definition) is 5. The van der Waals surface area contributed by atoms with E-state index in [2.05, 4.69) is 4.98 Å². The standard InChI is InChI=1S/C24H26N2O4/c1-3-6-17-9-10-21(22(15-17)28-2)29-16-23(27)26-13-11-18(12-14-26)24-25-19-7-4-5-8-20(19)30-24/h3-10,15,18H,11-14,16H2,1-2H3/b6-3+. The Balaban J connectivity index is 1.32. The first-order chi connectivity index (χ1) is 14.7. The van der Waals surface area contributed by atoms with E-state index in [1.807, 2.05) is 66.4 Å². The van der Waals surface area contributed by atoms with Crippen LogP contribution in [0.25, 0.3) is 17.2 Å². The summed E-state index contributed by atoms with van der Waals surface area (Å²) < 4.78 is 17.1. The molecule has 0 unspecified atom stereocenters. The second-order valence-electron chi connectivity index (χ2n) is 7.37. The molecule has 30 heavy (non-hydrogen) atoms. The molecule has 3 aromatic rings. The lowest BCUT2D eigenvalue weighted by Gasteiger charge is -2.30. The molecule has 0 aliphatic carbocycles. The van der Waals surface area contributed by atoms with Crippen molar-refractivity contribution in [2.75, 3.05) is 26.8 Å². The van der Waals surface area contributed by atoms with Crippen molar-refractivity contribution in [3.05, 3.63) is 60.0 Å². The molecule has 0 saturated carbocycles. The number of aromatic nitrogens is 1. The fourth-order valence-corrected chi connectivity index (χ4v) is 3.77. The summed E-state index contributed by atoms with van der Waals surface area (Å²) in [5, 5.41) is 0. The molecule has 156 valence electrons. The minimum atomic E-state index is -0.0226. The third kappa shape index (κ3) is 4.32. The van der Waals surface area contributed by atoms with Crippen molar-refractivity contribution in [2.24, 2.45) is 0 Å². The van der Waals surface area contributed by atoms with Crippen LogP contribution in [-0.2, 0) is 4.79 Å². The summed E-state index contributed by atoms with van der Waals surface area (Å²) in [7, 11) is 1.60. The molecule has 0 N–H and O–H groups in total. The van der Waals surface area contributed by atoms with Gasteiger partial charge in [0.1, 0.15) is 5.52 Å². The molecule has 1 saturated heterocycles. The van der Waals surface area contributed by atoms with Gasteiger partial charge in [-0.05, 0) is 49.6 Å². The molecule has 6 heteroatoms. The number of carbonyl (C=O) groups excluding carboxylic acids is 1. The normalized spacial score (nSPS) is 15.1. The van der Waals surface area contributed by atoms with Crippen molar-refractivity contribution in [2.45, 2.75) is 25.7 Å². The highest BCUT2D eigenvalue weighted by Gasteiger charge is 2.27. The summed E-state index contributed by atoms with van der Waals surface area (Å²) in [6.45, 7) is 3.29. The number of benzene rings is 2. The van der Waals surface area contributed by atoms with Crippen molar-refractivity contribution in [1.82, 2.24) is 9.88 Å². The van der Waals surface area contributed by atoms with E-state index in [0.29, 0.717) is 24.6 Å². The average Bonchev–Trinajstić information content (AvgIpc) is 3.22. The lowest BCUT2D eigenvalue weighted by molar-refractivity contribution is -0.134. The third-order valence-corrected chi connectivity index (χ3v) is 5.41. The first-order valence-corrected chi connectivity index (χ1v) is 10.2. The number of amides is 1. The Morgan fingerprint density at radius 2 is 2.00 bits per heavy atom. The van der Waals surface area contributed by atoms with Crippen LogP contribution in [0.3, 0.4) is 0 Å². The number of carbonyl (C=O) groups is 1. The van der Waals surface area contributed by atoms with Crippen LogP contribution in [0.5, 0.6) is 11.5 Å². The van der Waals surface area contributed by atoms with Crippen molar-refractivity contribution in [1.29, 1.82) is 0 Å². The molecule has 1 aliphatic heterocycles. The third-order valence-electron chi connectivity index (χ3n) is 5.41. The van der Waals surface area contributed by atoms with Gasteiger partial charge in [-0.1, -0.05) is 30.4 Å². The van der Waals surface area contributed by atoms with E-state index in [4.69, 9.17) is 13.9 Å². The zero-order valence-electron chi connectivity index (χ0n) is 17.3. The number of nitrogens with zero attached hydrogens (tertiary/aromatic N) is 2. The highest BCUT2D eigenvalue weighted by Crippen LogP contribution is 2.31. The average molecular weight is 406 g/mol. The van der Waals surface area contributed by atoms with Crippen molar-refractivity contribution in [3.8, 4) is 11.5 Å². The van der Waals surface area contributed by atoms with Gasteiger partial charge in [0, 0.05) is 19.0 Å². The number of rotatable bonds is 6. The van der Waals surface area contributed by atoms with Gasteiger partial charge in [0.25, 0.3) is 5.91 Å². The number of para-hydroxylation sites is 2. The van der Waals surface area contributed by atoms with E-state index < -0.39 is 0 Å². The maximum atomic E-state index is 12.6. The Hall–Kier alpha value is -3.28. The van der Waals surface area contributed by atoms with Crippen LogP contribution in [0.2, 0.25) is 0 Å². The topological polar surface area (TPSA) is 64.8 Å². The predicted molar refractivity (Wildman–Crippen MR) is 116 cm³/mol. The molecule has 2 heterocycles. The number of methoxy groups -OCH3 is 1. The Bertz CT molecular complexity index is 1020. The first-order valence-electron chi connectivity index (χ1n) is 10.2. The summed E-state index contributed by atoms with van der Waals surface area (Å²) in [4.78, 5) is 19.1. The number of likely N-dealkylation sites (tertiary alicyclic amines) is 1. The van der Waals surface area contributed by atoms with E-state index in [0.717, 1.165) is 35.4 Å². The monoisotopic (exact) mass is 406 g/mol. The molecule has 1 aliphatic rings. The van der Waals surface area contributed by atoms with Crippen molar-refractivity contribution in [3.63, 3.8) is 0 Å². The van der Waals surface area contributed by atoms with Gasteiger partial charge in [-0.2, -0.15) is 0 Å². The van der Waals surface area contributed by atoms with Gasteiger partial charge in [-0.3, -0.25) is 4.79 Å². The van der Waals surface area contributed by atoms with E-state index in [9.17, 15) is 4.79 Å². The van der Waals surface area contributed by atoms with Crippen molar-refractivity contribution < 1.29 is 18.7 Å². The van der Waals surface area contributed by atoms with Crippen LogP contribution in [-0.4, -0.2) is 42.6 Å². The van der Waals surface area contributed by atoms with Crippen LogP contribution >= 0.6 is 0 Å². The van der Waals surface area contributed by atoms with Gasteiger partial charge < -0.3 is 18.8 Å².